The van der Waals surface area contributed by atoms with E-state index in [0.29, 0.717) is 0 Å². The van der Waals surface area contributed by atoms with Gasteiger partial charge >= 0.3 is 0 Å². The zero-order valence-electron chi connectivity index (χ0n) is 14.9. The van der Waals surface area contributed by atoms with E-state index in [4.69, 9.17) is 9.72 Å². The quantitative estimate of drug-likeness (QED) is 0.541. The number of benzene rings is 1. The maximum Gasteiger partial charge on any atom is 0.143 e. The minimum absolute atomic E-state index is 0.790. The molecular weight excluding hydrogens is 356 g/mol. The lowest BCUT2D eigenvalue weighted by Crippen LogP contribution is -2.36. The van der Waals surface area contributed by atoms with Gasteiger partial charge < -0.3 is 9.14 Å². The first-order chi connectivity index (χ1) is 13.4. The topological polar surface area (TPSA) is 42.7 Å². The summed E-state index contributed by atoms with van der Waals surface area (Å²) in [5, 5.41) is 2.98. The van der Waals surface area contributed by atoms with Crippen molar-refractivity contribution in [1.82, 2.24) is 19.3 Å². The van der Waals surface area contributed by atoms with Crippen LogP contribution in [0.2, 0.25) is 0 Å². The SMILES string of the molecule is c1ccc(-c2ccc3nc(-c4nccs4)c(CN4CCOCC4)n3c2)cc1. The summed E-state index contributed by atoms with van der Waals surface area (Å²) >= 11 is 1.64. The van der Waals surface area contributed by atoms with Crippen molar-refractivity contribution in [1.29, 1.82) is 0 Å². The van der Waals surface area contributed by atoms with Crippen molar-refractivity contribution >= 4 is 17.0 Å². The molecular formula is C21H20N4OS. The molecule has 6 heteroatoms. The molecule has 5 rings (SSSR count). The second-order valence-electron chi connectivity index (χ2n) is 6.64. The molecule has 0 radical (unpaired) electrons. The normalized spacial score (nSPS) is 15.4. The highest BCUT2D eigenvalue weighted by atomic mass is 32.1. The largest absolute Gasteiger partial charge is 0.379 e. The van der Waals surface area contributed by atoms with Crippen LogP contribution in [-0.2, 0) is 11.3 Å². The Bertz CT molecular complexity index is 1040. The summed E-state index contributed by atoms with van der Waals surface area (Å²) in [6, 6.07) is 14.7. The van der Waals surface area contributed by atoms with Crippen LogP contribution in [0.15, 0.2) is 60.2 Å². The number of ether oxygens (including phenoxy) is 1. The van der Waals surface area contributed by atoms with Gasteiger partial charge in [0.05, 0.1) is 18.9 Å². The van der Waals surface area contributed by atoms with Crippen LogP contribution < -0.4 is 0 Å². The number of imidazole rings is 1. The van der Waals surface area contributed by atoms with Crippen LogP contribution in [0.3, 0.4) is 0 Å². The Kier molecular flexibility index (Phi) is 4.45. The summed E-state index contributed by atoms with van der Waals surface area (Å²) in [7, 11) is 0. The van der Waals surface area contributed by atoms with E-state index >= 15 is 0 Å². The molecule has 0 N–H and O–H groups in total. The lowest BCUT2D eigenvalue weighted by molar-refractivity contribution is 0.0336. The highest BCUT2D eigenvalue weighted by molar-refractivity contribution is 7.13. The molecule has 0 aliphatic carbocycles. The number of fused-ring (bicyclic) bond motifs is 1. The van der Waals surface area contributed by atoms with Gasteiger partial charge in [0.25, 0.3) is 0 Å². The molecule has 5 nitrogen and oxygen atoms in total. The van der Waals surface area contributed by atoms with E-state index in [2.05, 4.69) is 56.9 Å². The van der Waals surface area contributed by atoms with E-state index in [1.54, 1.807) is 11.3 Å². The maximum absolute atomic E-state index is 5.51. The van der Waals surface area contributed by atoms with Gasteiger partial charge in [-0.15, -0.1) is 11.3 Å². The van der Waals surface area contributed by atoms with E-state index in [-0.39, 0.29) is 0 Å². The summed E-state index contributed by atoms with van der Waals surface area (Å²) in [6.07, 6.45) is 4.04. The zero-order valence-corrected chi connectivity index (χ0v) is 15.7. The Labute approximate surface area is 161 Å². The standard InChI is InChI=1S/C21H20N4OS/c1-2-4-16(5-3-1)17-6-7-19-23-20(21-22-8-13-27-21)18(25(19)14-17)15-24-9-11-26-12-10-24/h1-8,13-14H,9-12,15H2. The fraction of sp³-hybridized carbons (Fsp3) is 0.238. The summed E-state index contributed by atoms with van der Waals surface area (Å²) in [5.41, 5.74) is 5.54. The van der Waals surface area contributed by atoms with Gasteiger partial charge in [0.2, 0.25) is 0 Å². The first kappa shape index (κ1) is 16.6. The van der Waals surface area contributed by atoms with Crippen LogP contribution in [0, 0.1) is 0 Å². The van der Waals surface area contributed by atoms with Crippen molar-refractivity contribution < 1.29 is 4.74 Å². The van der Waals surface area contributed by atoms with Gasteiger partial charge in [0.1, 0.15) is 16.3 Å². The molecule has 4 heterocycles. The summed E-state index contributed by atoms with van der Waals surface area (Å²) < 4.78 is 7.74. The molecule has 136 valence electrons. The van der Waals surface area contributed by atoms with Crippen molar-refractivity contribution in [2.45, 2.75) is 6.54 Å². The van der Waals surface area contributed by atoms with Gasteiger partial charge in [0, 0.05) is 37.4 Å². The first-order valence-corrected chi connectivity index (χ1v) is 10.0. The number of morpholine rings is 1. The van der Waals surface area contributed by atoms with E-state index in [9.17, 15) is 0 Å². The van der Waals surface area contributed by atoms with Gasteiger partial charge in [0.15, 0.2) is 0 Å². The number of thiazole rings is 1. The monoisotopic (exact) mass is 376 g/mol. The molecule has 0 unspecified atom stereocenters. The second kappa shape index (κ2) is 7.23. The van der Waals surface area contributed by atoms with E-state index in [1.165, 1.54) is 16.8 Å². The van der Waals surface area contributed by atoms with Crippen LogP contribution in [0.1, 0.15) is 5.69 Å². The number of hydrogen-bond acceptors (Lipinski definition) is 5. The van der Waals surface area contributed by atoms with Crippen molar-refractivity contribution in [3.8, 4) is 21.8 Å². The molecule has 0 atom stereocenters. The van der Waals surface area contributed by atoms with Crippen molar-refractivity contribution in [3.05, 3.63) is 65.9 Å². The minimum atomic E-state index is 0.790. The maximum atomic E-state index is 5.51. The second-order valence-corrected chi connectivity index (χ2v) is 7.54. The number of pyridine rings is 1. The molecule has 1 aliphatic rings. The lowest BCUT2D eigenvalue weighted by Gasteiger charge is -2.26. The predicted octanol–water partition coefficient (Wildman–Crippen LogP) is 3.96. The minimum Gasteiger partial charge on any atom is -0.379 e. The fourth-order valence-electron chi connectivity index (χ4n) is 3.53. The van der Waals surface area contributed by atoms with Crippen LogP contribution in [0.25, 0.3) is 27.5 Å². The average Bonchev–Trinajstić information content (AvgIpc) is 3.37. The molecule has 4 aromatic rings. The number of hydrogen-bond donors (Lipinski definition) is 0. The smallest absolute Gasteiger partial charge is 0.143 e. The van der Waals surface area contributed by atoms with Gasteiger partial charge in [-0.25, -0.2) is 9.97 Å². The Morgan fingerprint density at radius 2 is 1.85 bits per heavy atom. The Balaban J connectivity index is 1.63. The molecule has 27 heavy (non-hydrogen) atoms. The van der Waals surface area contributed by atoms with Crippen molar-refractivity contribution in [2.75, 3.05) is 26.3 Å². The van der Waals surface area contributed by atoms with Crippen molar-refractivity contribution in [3.63, 3.8) is 0 Å². The molecule has 3 aromatic heterocycles. The summed E-state index contributed by atoms with van der Waals surface area (Å²) in [4.78, 5) is 11.9. The Morgan fingerprint density at radius 3 is 2.63 bits per heavy atom. The zero-order chi connectivity index (χ0) is 18.1. The summed E-state index contributed by atoms with van der Waals surface area (Å²) in [6.45, 7) is 4.32. The number of nitrogens with zero attached hydrogens (tertiary/aromatic N) is 4. The number of aromatic nitrogens is 3. The highest BCUT2D eigenvalue weighted by Crippen LogP contribution is 2.29. The van der Waals surface area contributed by atoms with Crippen LogP contribution in [0.4, 0.5) is 0 Å². The molecule has 0 bridgehead atoms. The van der Waals surface area contributed by atoms with Gasteiger partial charge in [-0.05, 0) is 23.3 Å². The molecule has 1 saturated heterocycles. The third-order valence-corrected chi connectivity index (χ3v) is 5.72. The molecule has 1 fully saturated rings. The third kappa shape index (κ3) is 3.27. The van der Waals surface area contributed by atoms with E-state index in [0.717, 1.165) is 49.2 Å². The van der Waals surface area contributed by atoms with E-state index < -0.39 is 0 Å². The molecule has 0 spiro atoms. The summed E-state index contributed by atoms with van der Waals surface area (Å²) in [5.74, 6) is 0. The average molecular weight is 376 g/mol. The lowest BCUT2D eigenvalue weighted by atomic mass is 10.1. The third-order valence-electron chi connectivity index (χ3n) is 4.94. The molecule has 0 saturated carbocycles. The van der Waals surface area contributed by atoms with Crippen molar-refractivity contribution in [2.24, 2.45) is 0 Å². The van der Waals surface area contributed by atoms with Gasteiger partial charge in [-0.1, -0.05) is 30.3 Å². The molecule has 1 aromatic carbocycles. The van der Waals surface area contributed by atoms with E-state index in [1.807, 2.05) is 17.6 Å². The number of rotatable bonds is 4. The Hall–Kier alpha value is -2.54. The fourth-order valence-corrected chi connectivity index (χ4v) is 4.18. The van der Waals surface area contributed by atoms with Crippen LogP contribution in [0.5, 0.6) is 0 Å². The highest BCUT2D eigenvalue weighted by Gasteiger charge is 2.20. The van der Waals surface area contributed by atoms with Crippen LogP contribution >= 0.6 is 11.3 Å². The van der Waals surface area contributed by atoms with Crippen LogP contribution in [-0.4, -0.2) is 45.6 Å². The molecule has 1 aliphatic heterocycles. The molecule has 0 amide bonds. The van der Waals surface area contributed by atoms with Gasteiger partial charge in [-0.3, -0.25) is 4.90 Å². The predicted molar refractivity (Wildman–Crippen MR) is 108 cm³/mol. The Morgan fingerprint density at radius 1 is 1.00 bits per heavy atom. The van der Waals surface area contributed by atoms with Gasteiger partial charge in [-0.2, -0.15) is 0 Å². The first-order valence-electron chi connectivity index (χ1n) is 9.15.